The van der Waals surface area contributed by atoms with Crippen LogP contribution in [-0.2, 0) is 4.74 Å². The Morgan fingerprint density at radius 1 is 1.32 bits per heavy atom. The van der Waals surface area contributed by atoms with Crippen LogP contribution in [0.1, 0.15) is 25.6 Å². The van der Waals surface area contributed by atoms with E-state index in [0.29, 0.717) is 6.61 Å². The molecule has 0 saturated heterocycles. The van der Waals surface area contributed by atoms with E-state index in [-0.39, 0.29) is 12.1 Å². The van der Waals surface area contributed by atoms with Crippen LogP contribution in [0.25, 0.3) is 10.9 Å². The first-order valence-electron chi connectivity index (χ1n) is 6.46. The molecule has 0 fully saturated rings. The normalized spacial score (nSPS) is 13.1. The number of aromatic nitrogens is 1. The molecular weight excluding hydrogens is 304 g/mol. The second-order valence-corrected chi connectivity index (χ2v) is 5.63. The third-order valence-corrected chi connectivity index (χ3v) is 3.61. The van der Waals surface area contributed by atoms with Gasteiger partial charge in [-0.2, -0.15) is 0 Å². The second kappa shape index (κ2) is 6.46. The van der Waals surface area contributed by atoms with Crippen molar-refractivity contribution >= 4 is 26.8 Å². The molecule has 0 radical (unpaired) electrons. The molecule has 1 heterocycles. The fraction of sp³-hybridized carbons (Fsp3) is 0.400. The molecular formula is C15H19BrN2O. The van der Waals surface area contributed by atoms with Crippen LogP contribution in [0.15, 0.2) is 34.8 Å². The average molecular weight is 323 g/mol. The number of ether oxygens (including phenoxy) is 1. The van der Waals surface area contributed by atoms with Gasteiger partial charge in [-0.15, -0.1) is 0 Å². The Kier molecular flexibility index (Phi) is 4.91. The van der Waals surface area contributed by atoms with E-state index in [1.165, 1.54) is 0 Å². The molecule has 0 amide bonds. The van der Waals surface area contributed by atoms with Crippen molar-refractivity contribution in [3.8, 4) is 0 Å². The minimum atomic E-state index is 0.0846. The highest BCUT2D eigenvalue weighted by Crippen LogP contribution is 2.26. The molecule has 102 valence electrons. The SMILES string of the molecule is CNC(COC(C)C)c1nc2ccccc2cc1Br. The second-order valence-electron chi connectivity index (χ2n) is 4.77. The third kappa shape index (κ3) is 3.53. The molecule has 1 aromatic heterocycles. The Bertz CT molecular complexity index is 557. The highest BCUT2D eigenvalue weighted by Gasteiger charge is 2.16. The molecule has 0 spiro atoms. The van der Waals surface area contributed by atoms with Gasteiger partial charge < -0.3 is 10.1 Å². The molecule has 0 saturated carbocycles. The monoisotopic (exact) mass is 322 g/mol. The van der Waals surface area contributed by atoms with Gasteiger partial charge in [-0.1, -0.05) is 18.2 Å². The number of hydrogen-bond acceptors (Lipinski definition) is 3. The van der Waals surface area contributed by atoms with Crippen molar-refractivity contribution in [3.63, 3.8) is 0 Å². The standard InChI is InChI=1S/C15H19BrN2O/c1-10(2)19-9-14(17-3)15-12(16)8-11-6-4-5-7-13(11)18-15/h4-8,10,14,17H,9H2,1-3H3. The van der Waals surface area contributed by atoms with E-state index in [4.69, 9.17) is 9.72 Å². The Hall–Kier alpha value is -0.970. The first kappa shape index (κ1) is 14.4. The van der Waals surface area contributed by atoms with Gasteiger partial charge in [0.1, 0.15) is 0 Å². The number of rotatable bonds is 5. The number of likely N-dealkylation sites (N-methyl/N-ethyl adjacent to an activating group) is 1. The summed E-state index contributed by atoms with van der Waals surface area (Å²) in [6.07, 6.45) is 0.218. The lowest BCUT2D eigenvalue weighted by atomic mass is 10.1. The van der Waals surface area contributed by atoms with Crippen molar-refractivity contribution in [2.45, 2.75) is 26.0 Å². The van der Waals surface area contributed by atoms with E-state index in [9.17, 15) is 0 Å². The first-order chi connectivity index (χ1) is 9.11. The van der Waals surface area contributed by atoms with Crippen molar-refractivity contribution in [2.75, 3.05) is 13.7 Å². The molecule has 1 aromatic carbocycles. The van der Waals surface area contributed by atoms with Crippen LogP contribution in [0, 0.1) is 0 Å². The van der Waals surface area contributed by atoms with E-state index in [2.05, 4.69) is 33.4 Å². The lowest BCUT2D eigenvalue weighted by Gasteiger charge is -2.19. The van der Waals surface area contributed by atoms with Crippen LogP contribution in [0.4, 0.5) is 0 Å². The van der Waals surface area contributed by atoms with Crippen molar-refractivity contribution in [1.82, 2.24) is 10.3 Å². The molecule has 4 heteroatoms. The van der Waals surface area contributed by atoms with Gasteiger partial charge in [0.2, 0.25) is 0 Å². The average Bonchev–Trinajstić information content (AvgIpc) is 2.39. The number of nitrogens with one attached hydrogen (secondary N) is 1. The van der Waals surface area contributed by atoms with Crippen LogP contribution in [0.5, 0.6) is 0 Å². The fourth-order valence-electron chi connectivity index (χ4n) is 1.94. The largest absolute Gasteiger partial charge is 0.377 e. The lowest BCUT2D eigenvalue weighted by Crippen LogP contribution is -2.24. The first-order valence-corrected chi connectivity index (χ1v) is 7.25. The molecule has 0 aliphatic rings. The van der Waals surface area contributed by atoms with Crippen molar-refractivity contribution in [1.29, 1.82) is 0 Å². The van der Waals surface area contributed by atoms with Crippen LogP contribution in [-0.4, -0.2) is 24.7 Å². The minimum Gasteiger partial charge on any atom is -0.377 e. The van der Waals surface area contributed by atoms with E-state index >= 15 is 0 Å². The number of para-hydroxylation sites is 1. The van der Waals surface area contributed by atoms with Gasteiger partial charge in [0.05, 0.1) is 30.0 Å². The minimum absolute atomic E-state index is 0.0846. The summed E-state index contributed by atoms with van der Waals surface area (Å²) in [6, 6.07) is 10.3. The number of benzene rings is 1. The summed E-state index contributed by atoms with van der Waals surface area (Å²) in [5.41, 5.74) is 1.99. The highest BCUT2D eigenvalue weighted by molar-refractivity contribution is 9.10. The third-order valence-electron chi connectivity index (χ3n) is 2.98. The zero-order valence-electron chi connectivity index (χ0n) is 11.5. The number of halogens is 1. The maximum absolute atomic E-state index is 5.69. The summed E-state index contributed by atoms with van der Waals surface area (Å²) in [7, 11) is 1.93. The van der Waals surface area contributed by atoms with Gasteiger partial charge in [-0.3, -0.25) is 0 Å². The van der Waals surface area contributed by atoms with Crippen LogP contribution in [0.3, 0.4) is 0 Å². The summed E-state index contributed by atoms with van der Waals surface area (Å²) in [5, 5.41) is 4.40. The Balaban J connectivity index is 2.33. The van der Waals surface area contributed by atoms with Gasteiger partial charge >= 0.3 is 0 Å². The van der Waals surface area contributed by atoms with Gasteiger partial charge in [0.25, 0.3) is 0 Å². The zero-order valence-corrected chi connectivity index (χ0v) is 13.1. The summed E-state index contributed by atoms with van der Waals surface area (Å²) in [4.78, 5) is 4.73. The number of hydrogen-bond donors (Lipinski definition) is 1. The summed E-state index contributed by atoms with van der Waals surface area (Å²) in [6.45, 7) is 4.68. The van der Waals surface area contributed by atoms with Gasteiger partial charge in [0, 0.05) is 9.86 Å². The highest BCUT2D eigenvalue weighted by atomic mass is 79.9. The number of nitrogens with zero attached hydrogens (tertiary/aromatic N) is 1. The van der Waals surface area contributed by atoms with Crippen molar-refractivity contribution in [2.24, 2.45) is 0 Å². The molecule has 19 heavy (non-hydrogen) atoms. The Labute approximate surface area is 122 Å². The van der Waals surface area contributed by atoms with Crippen LogP contribution >= 0.6 is 15.9 Å². The Morgan fingerprint density at radius 3 is 2.74 bits per heavy atom. The topological polar surface area (TPSA) is 34.1 Å². The van der Waals surface area contributed by atoms with Crippen LogP contribution < -0.4 is 5.32 Å². The lowest BCUT2D eigenvalue weighted by molar-refractivity contribution is 0.0618. The maximum Gasteiger partial charge on any atom is 0.0746 e. The molecule has 2 aromatic rings. The smallest absolute Gasteiger partial charge is 0.0746 e. The van der Waals surface area contributed by atoms with Crippen LogP contribution in [0.2, 0.25) is 0 Å². The summed E-state index contributed by atoms with van der Waals surface area (Å²) < 4.78 is 6.70. The van der Waals surface area contributed by atoms with E-state index in [0.717, 1.165) is 21.1 Å². The maximum atomic E-state index is 5.69. The molecule has 1 N–H and O–H groups in total. The molecule has 1 unspecified atom stereocenters. The predicted octanol–water partition coefficient (Wildman–Crippen LogP) is 3.68. The molecule has 2 rings (SSSR count). The number of pyridine rings is 1. The van der Waals surface area contributed by atoms with E-state index in [1.54, 1.807) is 0 Å². The summed E-state index contributed by atoms with van der Waals surface area (Å²) in [5.74, 6) is 0. The van der Waals surface area contributed by atoms with Gasteiger partial charge in [-0.25, -0.2) is 4.98 Å². The summed E-state index contributed by atoms with van der Waals surface area (Å²) >= 11 is 3.61. The van der Waals surface area contributed by atoms with Gasteiger partial charge in [-0.05, 0) is 49.0 Å². The zero-order chi connectivity index (χ0) is 13.8. The van der Waals surface area contributed by atoms with E-state index in [1.807, 2.05) is 39.1 Å². The van der Waals surface area contributed by atoms with Crippen molar-refractivity contribution in [3.05, 3.63) is 40.5 Å². The fourth-order valence-corrected chi connectivity index (χ4v) is 2.55. The Morgan fingerprint density at radius 2 is 2.05 bits per heavy atom. The molecule has 1 atom stereocenters. The molecule has 0 aliphatic carbocycles. The van der Waals surface area contributed by atoms with E-state index < -0.39 is 0 Å². The molecule has 0 bridgehead atoms. The molecule has 3 nitrogen and oxygen atoms in total. The molecule has 0 aliphatic heterocycles. The predicted molar refractivity (Wildman–Crippen MR) is 82.3 cm³/mol. The number of fused-ring (bicyclic) bond motifs is 1. The quantitative estimate of drug-likeness (QED) is 0.911. The van der Waals surface area contributed by atoms with Gasteiger partial charge in [0.15, 0.2) is 0 Å². The van der Waals surface area contributed by atoms with Crippen molar-refractivity contribution < 1.29 is 4.74 Å².